The molecule has 122 valence electrons. The molecule has 1 atom stereocenters. The van der Waals surface area contributed by atoms with E-state index < -0.39 is 11.2 Å². The second-order valence-electron chi connectivity index (χ2n) is 5.28. The third-order valence-electron chi connectivity index (χ3n) is 3.64. The van der Waals surface area contributed by atoms with Gasteiger partial charge in [0.05, 0.1) is 17.4 Å². The van der Waals surface area contributed by atoms with Crippen LogP contribution < -0.4 is 0 Å². The van der Waals surface area contributed by atoms with Gasteiger partial charge in [-0.05, 0) is 17.7 Å². The zero-order chi connectivity index (χ0) is 17.1. The Morgan fingerprint density at radius 2 is 1.96 bits per heavy atom. The van der Waals surface area contributed by atoms with Crippen LogP contribution in [0.15, 0.2) is 53.7 Å². The number of nitrogens with zero attached hydrogens (tertiary/aromatic N) is 2. The Labute approximate surface area is 142 Å². The lowest BCUT2D eigenvalue weighted by Gasteiger charge is -2.15. The van der Waals surface area contributed by atoms with Crippen molar-refractivity contribution < 1.29 is 19.5 Å². The first-order chi connectivity index (χ1) is 11.6. The molecule has 6 nitrogen and oxygen atoms in total. The number of hydrogen-bond acceptors (Lipinski definition) is 5. The number of aromatic carboxylic acids is 1. The van der Waals surface area contributed by atoms with Gasteiger partial charge in [-0.3, -0.25) is 14.5 Å². The molecule has 0 radical (unpaired) electrons. The third-order valence-corrected chi connectivity index (χ3v) is 4.84. The molecule has 2 amide bonds. The Kier molecular flexibility index (Phi) is 4.61. The molecule has 0 spiro atoms. The van der Waals surface area contributed by atoms with Gasteiger partial charge in [-0.15, -0.1) is 0 Å². The van der Waals surface area contributed by atoms with Crippen LogP contribution in [0.2, 0.25) is 0 Å². The zero-order valence-corrected chi connectivity index (χ0v) is 13.4. The summed E-state index contributed by atoms with van der Waals surface area (Å²) in [5, 5.41) is 8.79. The van der Waals surface area contributed by atoms with Crippen LogP contribution in [-0.4, -0.2) is 38.0 Å². The van der Waals surface area contributed by atoms with Gasteiger partial charge in [-0.1, -0.05) is 42.1 Å². The molecule has 1 saturated heterocycles. The van der Waals surface area contributed by atoms with Crippen molar-refractivity contribution >= 4 is 29.5 Å². The molecule has 3 rings (SSSR count). The van der Waals surface area contributed by atoms with Gasteiger partial charge < -0.3 is 5.11 Å². The van der Waals surface area contributed by atoms with Crippen LogP contribution in [0.25, 0.3) is 0 Å². The SMILES string of the molecule is O=C(O)c1cccnc1S[C@H]1CC(=O)N(Cc2ccccc2)C1=O. The lowest BCUT2D eigenvalue weighted by molar-refractivity contribution is -0.138. The van der Waals surface area contributed by atoms with E-state index in [9.17, 15) is 19.5 Å². The summed E-state index contributed by atoms with van der Waals surface area (Å²) in [5.74, 6) is -1.67. The average molecular weight is 342 g/mol. The van der Waals surface area contributed by atoms with Crippen molar-refractivity contribution in [3.05, 3.63) is 59.8 Å². The second-order valence-corrected chi connectivity index (χ2v) is 6.47. The van der Waals surface area contributed by atoms with Gasteiger partial charge >= 0.3 is 5.97 Å². The predicted molar refractivity (Wildman–Crippen MR) is 87.5 cm³/mol. The molecule has 7 heteroatoms. The van der Waals surface area contributed by atoms with Crippen molar-refractivity contribution in [2.24, 2.45) is 0 Å². The van der Waals surface area contributed by atoms with Crippen molar-refractivity contribution in [1.29, 1.82) is 0 Å². The fourth-order valence-electron chi connectivity index (χ4n) is 2.46. The molecule has 1 aromatic carbocycles. The fourth-order valence-corrected chi connectivity index (χ4v) is 3.59. The van der Waals surface area contributed by atoms with E-state index in [0.29, 0.717) is 0 Å². The normalized spacial score (nSPS) is 17.3. The van der Waals surface area contributed by atoms with Crippen molar-refractivity contribution in [1.82, 2.24) is 9.88 Å². The molecule has 0 saturated carbocycles. The third kappa shape index (κ3) is 3.30. The number of imide groups is 1. The fraction of sp³-hybridized carbons (Fsp3) is 0.176. The Bertz CT molecular complexity index is 794. The van der Waals surface area contributed by atoms with Crippen LogP contribution in [0.1, 0.15) is 22.3 Å². The zero-order valence-electron chi connectivity index (χ0n) is 12.6. The lowest BCUT2D eigenvalue weighted by atomic mass is 10.2. The van der Waals surface area contributed by atoms with Gasteiger partial charge in [0.15, 0.2) is 0 Å². The number of carboxylic acid groups (broad SMARTS) is 1. The largest absolute Gasteiger partial charge is 0.478 e. The number of aromatic nitrogens is 1. The van der Waals surface area contributed by atoms with Gasteiger partial charge in [-0.2, -0.15) is 0 Å². The molecule has 1 aromatic heterocycles. The van der Waals surface area contributed by atoms with Gasteiger partial charge in [0, 0.05) is 12.6 Å². The molecule has 1 fully saturated rings. The van der Waals surface area contributed by atoms with E-state index in [2.05, 4.69) is 4.98 Å². The van der Waals surface area contributed by atoms with Gasteiger partial charge in [0.2, 0.25) is 11.8 Å². The standard InChI is InChI=1S/C17H14N2O4S/c20-14-9-13(24-15-12(17(22)23)7-4-8-18-15)16(21)19(14)10-11-5-2-1-3-6-11/h1-8,13H,9-10H2,(H,22,23)/t13-/m0/s1. The van der Waals surface area contributed by atoms with Crippen LogP contribution in [0, 0.1) is 0 Å². The first kappa shape index (κ1) is 16.2. The highest BCUT2D eigenvalue weighted by atomic mass is 32.2. The minimum Gasteiger partial charge on any atom is -0.478 e. The number of rotatable bonds is 5. The number of likely N-dealkylation sites (tertiary alicyclic amines) is 1. The van der Waals surface area contributed by atoms with Crippen molar-refractivity contribution in [3.8, 4) is 0 Å². The maximum absolute atomic E-state index is 12.5. The first-order valence-electron chi connectivity index (χ1n) is 7.29. The summed E-state index contributed by atoms with van der Waals surface area (Å²) in [6.07, 6.45) is 1.52. The highest BCUT2D eigenvalue weighted by Gasteiger charge is 2.39. The van der Waals surface area contributed by atoms with Crippen LogP contribution >= 0.6 is 11.8 Å². The van der Waals surface area contributed by atoms with Gasteiger partial charge in [0.25, 0.3) is 0 Å². The summed E-state index contributed by atoms with van der Waals surface area (Å²) >= 11 is 1.03. The summed E-state index contributed by atoms with van der Waals surface area (Å²) in [6, 6.07) is 12.2. The molecular formula is C17H14N2O4S. The minimum absolute atomic E-state index is 0.0317. The maximum atomic E-state index is 12.5. The molecule has 1 aliphatic rings. The maximum Gasteiger partial charge on any atom is 0.338 e. The van der Waals surface area contributed by atoms with Crippen molar-refractivity contribution in [3.63, 3.8) is 0 Å². The molecule has 2 aromatic rings. The summed E-state index contributed by atoms with van der Waals surface area (Å²) < 4.78 is 0. The Hall–Kier alpha value is -2.67. The Morgan fingerprint density at radius 3 is 2.67 bits per heavy atom. The van der Waals surface area contributed by atoms with Crippen LogP contribution in [0.3, 0.4) is 0 Å². The monoisotopic (exact) mass is 342 g/mol. The number of thioether (sulfide) groups is 1. The second kappa shape index (κ2) is 6.84. The minimum atomic E-state index is -1.11. The number of benzene rings is 1. The van der Waals surface area contributed by atoms with E-state index in [-0.39, 0.29) is 35.4 Å². The number of carbonyl (C=O) groups is 3. The first-order valence-corrected chi connectivity index (χ1v) is 8.17. The number of hydrogen-bond donors (Lipinski definition) is 1. The molecule has 0 unspecified atom stereocenters. The van der Waals surface area contributed by atoms with Crippen molar-refractivity contribution in [2.75, 3.05) is 0 Å². The molecule has 1 aliphatic heterocycles. The summed E-state index contributed by atoms with van der Waals surface area (Å²) in [6.45, 7) is 0.226. The Morgan fingerprint density at radius 1 is 1.21 bits per heavy atom. The quantitative estimate of drug-likeness (QED) is 0.838. The highest BCUT2D eigenvalue weighted by Crippen LogP contribution is 2.32. The number of carbonyl (C=O) groups excluding carboxylic acids is 2. The van der Waals surface area contributed by atoms with Crippen LogP contribution in [0.5, 0.6) is 0 Å². The topological polar surface area (TPSA) is 87.6 Å². The molecule has 1 N–H and O–H groups in total. The highest BCUT2D eigenvalue weighted by molar-refractivity contribution is 8.00. The van der Waals surface area contributed by atoms with E-state index in [1.165, 1.54) is 23.2 Å². The predicted octanol–water partition coefficient (Wildman–Crippen LogP) is 2.20. The van der Waals surface area contributed by atoms with Crippen LogP contribution in [-0.2, 0) is 16.1 Å². The van der Waals surface area contributed by atoms with E-state index in [4.69, 9.17) is 0 Å². The van der Waals surface area contributed by atoms with E-state index in [1.54, 1.807) is 0 Å². The average Bonchev–Trinajstić information content (AvgIpc) is 2.84. The van der Waals surface area contributed by atoms with Crippen molar-refractivity contribution in [2.45, 2.75) is 23.2 Å². The van der Waals surface area contributed by atoms with E-state index in [0.717, 1.165) is 17.3 Å². The summed E-state index contributed by atoms with van der Waals surface area (Å²) in [5.41, 5.74) is 0.901. The van der Waals surface area contributed by atoms with E-state index in [1.807, 2.05) is 30.3 Å². The summed E-state index contributed by atoms with van der Waals surface area (Å²) in [7, 11) is 0. The van der Waals surface area contributed by atoms with E-state index >= 15 is 0 Å². The molecular weight excluding hydrogens is 328 g/mol. The lowest BCUT2D eigenvalue weighted by Crippen LogP contribution is -2.30. The Balaban J connectivity index is 1.76. The molecule has 2 heterocycles. The molecule has 24 heavy (non-hydrogen) atoms. The molecule has 0 aliphatic carbocycles. The van der Waals surface area contributed by atoms with Crippen LogP contribution in [0.4, 0.5) is 0 Å². The number of pyridine rings is 1. The van der Waals surface area contributed by atoms with Gasteiger partial charge in [-0.25, -0.2) is 9.78 Å². The number of amides is 2. The summed E-state index contributed by atoms with van der Waals surface area (Å²) in [4.78, 5) is 41.2. The molecule has 0 bridgehead atoms. The number of carboxylic acids is 1. The van der Waals surface area contributed by atoms with Gasteiger partial charge in [0.1, 0.15) is 5.03 Å². The smallest absolute Gasteiger partial charge is 0.338 e.